The number of carbonyl (C=O) groups is 1. The maximum absolute atomic E-state index is 11.9. The lowest BCUT2D eigenvalue weighted by Gasteiger charge is -2.07. The van der Waals surface area contributed by atoms with E-state index >= 15 is 0 Å². The normalized spacial score (nSPS) is 11.3. The van der Waals surface area contributed by atoms with Gasteiger partial charge in [0.05, 0.1) is 4.90 Å². The van der Waals surface area contributed by atoms with Crippen LogP contribution in [0.25, 0.3) is 0 Å². The predicted molar refractivity (Wildman–Crippen MR) is 83.8 cm³/mol. The number of rotatable bonds is 9. The van der Waals surface area contributed by atoms with E-state index in [1.54, 1.807) is 0 Å². The Hall–Kier alpha value is -1.40. The zero-order chi connectivity index (χ0) is 15.7. The maximum atomic E-state index is 11.9. The third-order valence-corrected chi connectivity index (χ3v) is 4.51. The molecule has 1 aromatic rings. The number of hydrogen-bond acceptors (Lipinski definition) is 3. The Morgan fingerprint density at radius 3 is 2.24 bits per heavy atom. The smallest absolute Gasteiger partial charge is 0.251 e. The van der Waals surface area contributed by atoms with Crippen molar-refractivity contribution < 1.29 is 13.2 Å². The minimum Gasteiger partial charge on any atom is -0.352 e. The molecule has 0 spiro atoms. The highest BCUT2D eigenvalue weighted by Gasteiger charge is 2.13. The van der Waals surface area contributed by atoms with Gasteiger partial charge < -0.3 is 5.32 Å². The number of amides is 1. The lowest BCUT2D eigenvalue weighted by Crippen LogP contribution is -2.25. The third-order valence-electron chi connectivity index (χ3n) is 3.03. The Kier molecular flexibility index (Phi) is 7.39. The van der Waals surface area contributed by atoms with Gasteiger partial charge in [0.2, 0.25) is 10.0 Å². The molecule has 0 aliphatic carbocycles. The second-order valence-electron chi connectivity index (χ2n) is 4.89. The molecule has 0 aromatic heterocycles. The Bertz CT molecular complexity index is 539. The van der Waals surface area contributed by atoms with Crippen molar-refractivity contribution in [1.29, 1.82) is 0 Å². The van der Waals surface area contributed by atoms with Gasteiger partial charge in [-0.1, -0.05) is 26.7 Å². The summed E-state index contributed by atoms with van der Waals surface area (Å²) in [5.74, 6) is -0.170. The van der Waals surface area contributed by atoms with Crippen molar-refractivity contribution in [3.63, 3.8) is 0 Å². The quantitative estimate of drug-likeness (QED) is 0.687. The first kappa shape index (κ1) is 17.7. The van der Waals surface area contributed by atoms with Crippen molar-refractivity contribution in [3.8, 4) is 0 Å². The fourth-order valence-electron chi connectivity index (χ4n) is 1.78. The molecule has 1 amide bonds. The molecule has 0 atom stereocenters. The zero-order valence-corrected chi connectivity index (χ0v) is 13.5. The van der Waals surface area contributed by atoms with Crippen LogP contribution in [0.15, 0.2) is 29.2 Å². The maximum Gasteiger partial charge on any atom is 0.251 e. The Morgan fingerprint density at radius 2 is 1.67 bits per heavy atom. The van der Waals surface area contributed by atoms with Crippen molar-refractivity contribution in [2.75, 3.05) is 13.1 Å². The molecule has 1 aromatic carbocycles. The van der Waals surface area contributed by atoms with Gasteiger partial charge in [-0.3, -0.25) is 4.79 Å². The van der Waals surface area contributed by atoms with Gasteiger partial charge in [0.1, 0.15) is 0 Å². The van der Waals surface area contributed by atoms with Crippen LogP contribution < -0.4 is 10.0 Å². The van der Waals surface area contributed by atoms with Gasteiger partial charge >= 0.3 is 0 Å². The molecule has 0 unspecified atom stereocenters. The SMILES string of the molecule is CCCCCNC(=O)c1ccc(S(=O)(=O)NCCC)cc1. The lowest BCUT2D eigenvalue weighted by atomic mass is 10.2. The second kappa shape index (κ2) is 8.79. The molecule has 21 heavy (non-hydrogen) atoms. The summed E-state index contributed by atoms with van der Waals surface area (Å²) in [4.78, 5) is 12.0. The van der Waals surface area contributed by atoms with Crippen LogP contribution in [0, 0.1) is 0 Å². The molecular weight excluding hydrogens is 288 g/mol. The largest absolute Gasteiger partial charge is 0.352 e. The van der Waals surface area contributed by atoms with Crippen LogP contribution in [0.3, 0.4) is 0 Å². The molecule has 6 heteroatoms. The number of nitrogens with one attached hydrogen (secondary N) is 2. The summed E-state index contributed by atoms with van der Waals surface area (Å²) in [5.41, 5.74) is 0.473. The predicted octanol–water partition coefficient (Wildman–Crippen LogP) is 2.29. The molecule has 0 aliphatic rings. The Morgan fingerprint density at radius 1 is 1.00 bits per heavy atom. The minimum atomic E-state index is -3.47. The van der Waals surface area contributed by atoms with Crippen LogP contribution >= 0.6 is 0 Å². The summed E-state index contributed by atoms with van der Waals surface area (Å²) < 4.78 is 26.3. The summed E-state index contributed by atoms with van der Waals surface area (Å²) >= 11 is 0. The number of unbranched alkanes of at least 4 members (excludes halogenated alkanes) is 2. The van der Waals surface area contributed by atoms with E-state index in [0.29, 0.717) is 18.7 Å². The highest BCUT2D eigenvalue weighted by molar-refractivity contribution is 7.89. The number of hydrogen-bond donors (Lipinski definition) is 2. The highest BCUT2D eigenvalue weighted by atomic mass is 32.2. The van der Waals surface area contributed by atoms with Crippen molar-refractivity contribution in [1.82, 2.24) is 10.0 Å². The van der Waals surface area contributed by atoms with Crippen LogP contribution in [0.4, 0.5) is 0 Å². The van der Waals surface area contributed by atoms with Crippen LogP contribution in [0.5, 0.6) is 0 Å². The average Bonchev–Trinajstić information content (AvgIpc) is 2.49. The molecule has 118 valence electrons. The summed E-state index contributed by atoms with van der Waals surface area (Å²) in [6.45, 7) is 5.05. The van der Waals surface area contributed by atoms with Gasteiger partial charge in [0.15, 0.2) is 0 Å². The summed E-state index contributed by atoms with van der Waals surface area (Å²) in [5, 5.41) is 2.82. The van der Waals surface area contributed by atoms with Crippen LogP contribution in [-0.4, -0.2) is 27.4 Å². The molecule has 2 N–H and O–H groups in total. The fourth-order valence-corrected chi connectivity index (χ4v) is 2.92. The van der Waals surface area contributed by atoms with Gasteiger partial charge in [0, 0.05) is 18.7 Å². The standard InChI is InChI=1S/C15H24N2O3S/c1-3-5-6-12-16-15(18)13-7-9-14(10-8-13)21(19,20)17-11-4-2/h7-10,17H,3-6,11-12H2,1-2H3,(H,16,18). The van der Waals surface area contributed by atoms with Crippen molar-refractivity contribution >= 4 is 15.9 Å². The van der Waals surface area contributed by atoms with Crippen LogP contribution in [0.2, 0.25) is 0 Å². The molecular formula is C15H24N2O3S. The molecule has 0 fully saturated rings. The lowest BCUT2D eigenvalue weighted by molar-refractivity contribution is 0.0953. The first-order valence-corrected chi connectivity index (χ1v) is 8.87. The van der Waals surface area contributed by atoms with E-state index in [1.165, 1.54) is 24.3 Å². The van der Waals surface area contributed by atoms with E-state index in [9.17, 15) is 13.2 Å². The molecule has 0 heterocycles. The van der Waals surface area contributed by atoms with Crippen molar-refractivity contribution in [3.05, 3.63) is 29.8 Å². The molecule has 1 rings (SSSR count). The molecule has 0 aliphatic heterocycles. The fraction of sp³-hybridized carbons (Fsp3) is 0.533. The third kappa shape index (κ3) is 5.85. The molecule has 0 saturated carbocycles. The van der Waals surface area contributed by atoms with Crippen LogP contribution in [0.1, 0.15) is 49.9 Å². The number of carbonyl (C=O) groups excluding carboxylic acids is 1. The minimum absolute atomic E-state index is 0.170. The molecule has 5 nitrogen and oxygen atoms in total. The van der Waals surface area contributed by atoms with E-state index in [-0.39, 0.29) is 10.8 Å². The van der Waals surface area contributed by atoms with Gasteiger partial charge in [-0.05, 0) is 37.1 Å². The monoisotopic (exact) mass is 312 g/mol. The summed E-state index contributed by atoms with van der Waals surface area (Å²) in [6, 6.07) is 5.99. The Balaban J connectivity index is 2.63. The van der Waals surface area contributed by atoms with E-state index < -0.39 is 10.0 Å². The van der Waals surface area contributed by atoms with Gasteiger partial charge in [-0.15, -0.1) is 0 Å². The van der Waals surface area contributed by atoms with Gasteiger partial charge in [-0.2, -0.15) is 0 Å². The first-order chi connectivity index (χ1) is 10.0. The van der Waals surface area contributed by atoms with Crippen LogP contribution in [-0.2, 0) is 10.0 Å². The zero-order valence-electron chi connectivity index (χ0n) is 12.7. The molecule has 0 bridgehead atoms. The van der Waals surface area contributed by atoms with Crippen molar-refractivity contribution in [2.24, 2.45) is 0 Å². The summed E-state index contributed by atoms with van der Waals surface area (Å²) in [6.07, 6.45) is 3.88. The highest BCUT2D eigenvalue weighted by Crippen LogP contribution is 2.10. The van der Waals surface area contributed by atoms with Gasteiger partial charge in [-0.25, -0.2) is 13.1 Å². The molecule has 0 radical (unpaired) electrons. The van der Waals surface area contributed by atoms with E-state index in [0.717, 1.165) is 25.7 Å². The number of sulfonamides is 1. The first-order valence-electron chi connectivity index (χ1n) is 7.39. The van der Waals surface area contributed by atoms with Gasteiger partial charge in [0.25, 0.3) is 5.91 Å². The van der Waals surface area contributed by atoms with E-state index in [4.69, 9.17) is 0 Å². The van der Waals surface area contributed by atoms with E-state index in [1.807, 2.05) is 6.92 Å². The number of benzene rings is 1. The summed E-state index contributed by atoms with van der Waals surface area (Å²) in [7, 11) is -3.47. The molecule has 0 saturated heterocycles. The Labute approximate surface area is 127 Å². The second-order valence-corrected chi connectivity index (χ2v) is 6.65. The topological polar surface area (TPSA) is 75.3 Å². The van der Waals surface area contributed by atoms with Crippen molar-refractivity contribution in [2.45, 2.75) is 44.4 Å². The average molecular weight is 312 g/mol. The van der Waals surface area contributed by atoms with E-state index in [2.05, 4.69) is 17.0 Å².